The van der Waals surface area contributed by atoms with Crippen molar-refractivity contribution in [1.82, 2.24) is 15.2 Å². The molecule has 2 N–H and O–H groups in total. The van der Waals surface area contributed by atoms with Gasteiger partial charge in [0.15, 0.2) is 5.82 Å². The van der Waals surface area contributed by atoms with Gasteiger partial charge in [0.25, 0.3) is 0 Å². The van der Waals surface area contributed by atoms with Gasteiger partial charge >= 0.3 is 0 Å². The van der Waals surface area contributed by atoms with Gasteiger partial charge in [0.2, 0.25) is 11.1 Å². The van der Waals surface area contributed by atoms with E-state index in [0.717, 1.165) is 11.3 Å². The number of aromatic nitrogens is 3. The minimum atomic E-state index is -0.121. The van der Waals surface area contributed by atoms with Gasteiger partial charge < -0.3 is 5.32 Å². The summed E-state index contributed by atoms with van der Waals surface area (Å²) in [7, 11) is 0. The third-order valence-electron chi connectivity index (χ3n) is 3.32. The van der Waals surface area contributed by atoms with Crippen LogP contribution < -0.4 is 5.32 Å². The Bertz CT molecular complexity index is 896. The molecule has 0 aliphatic heterocycles. The van der Waals surface area contributed by atoms with Crippen LogP contribution in [0.5, 0.6) is 0 Å². The predicted octanol–water partition coefficient (Wildman–Crippen LogP) is 4.82. The second-order valence-corrected chi connectivity index (χ2v) is 7.08. The molecule has 0 saturated carbocycles. The van der Waals surface area contributed by atoms with E-state index in [2.05, 4.69) is 20.5 Å². The standard InChI is InChI=1S/C17H14Cl2N4OS/c1-10-2-5-12(6-3-10)20-15(24)9-25-17-21-16(22-23-17)13-7-4-11(18)8-14(13)19/h2-8H,9H2,1H3,(H,20,24)(H,21,22,23). The first kappa shape index (κ1) is 17.8. The highest BCUT2D eigenvalue weighted by atomic mass is 35.5. The zero-order valence-corrected chi connectivity index (χ0v) is 15.5. The number of hydrogen-bond donors (Lipinski definition) is 2. The first-order valence-corrected chi connectivity index (χ1v) is 9.12. The van der Waals surface area contributed by atoms with Gasteiger partial charge in [-0.3, -0.25) is 9.89 Å². The number of benzene rings is 2. The second kappa shape index (κ2) is 7.91. The fraction of sp³-hybridized carbons (Fsp3) is 0.118. The van der Waals surface area contributed by atoms with Crippen molar-refractivity contribution in [1.29, 1.82) is 0 Å². The van der Waals surface area contributed by atoms with Crippen LogP contribution in [0.25, 0.3) is 11.4 Å². The molecular formula is C17H14Cl2N4OS. The van der Waals surface area contributed by atoms with Crippen LogP contribution >= 0.6 is 35.0 Å². The molecule has 25 heavy (non-hydrogen) atoms. The van der Waals surface area contributed by atoms with E-state index in [4.69, 9.17) is 23.2 Å². The summed E-state index contributed by atoms with van der Waals surface area (Å²) in [5.41, 5.74) is 2.61. The highest BCUT2D eigenvalue weighted by Gasteiger charge is 2.12. The highest BCUT2D eigenvalue weighted by molar-refractivity contribution is 7.99. The zero-order valence-electron chi connectivity index (χ0n) is 13.2. The van der Waals surface area contributed by atoms with Crippen LogP contribution in [-0.2, 0) is 4.79 Å². The molecular weight excluding hydrogens is 379 g/mol. The third kappa shape index (κ3) is 4.75. The topological polar surface area (TPSA) is 70.7 Å². The number of hydrogen-bond acceptors (Lipinski definition) is 4. The summed E-state index contributed by atoms with van der Waals surface area (Å²) < 4.78 is 0. The van der Waals surface area contributed by atoms with E-state index in [9.17, 15) is 4.79 Å². The zero-order chi connectivity index (χ0) is 17.8. The Morgan fingerprint density at radius 1 is 1.20 bits per heavy atom. The SMILES string of the molecule is Cc1ccc(NC(=O)CSc2n[nH]c(-c3ccc(Cl)cc3Cl)n2)cc1. The average molecular weight is 393 g/mol. The molecule has 0 fully saturated rings. The molecule has 0 bridgehead atoms. The normalized spacial score (nSPS) is 10.7. The first-order valence-electron chi connectivity index (χ1n) is 7.38. The van der Waals surface area contributed by atoms with Crippen molar-refractivity contribution >= 4 is 46.6 Å². The molecule has 3 aromatic rings. The molecule has 5 nitrogen and oxygen atoms in total. The summed E-state index contributed by atoms with van der Waals surface area (Å²) in [6.45, 7) is 2.00. The maximum absolute atomic E-state index is 12.0. The van der Waals surface area contributed by atoms with Crippen LogP contribution in [0.2, 0.25) is 10.0 Å². The Morgan fingerprint density at radius 2 is 1.96 bits per heavy atom. The number of thioether (sulfide) groups is 1. The lowest BCUT2D eigenvalue weighted by atomic mass is 10.2. The van der Waals surface area contributed by atoms with E-state index >= 15 is 0 Å². The van der Waals surface area contributed by atoms with Crippen molar-refractivity contribution in [2.24, 2.45) is 0 Å². The summed E-state index contributed by atoms with van der Waals surface area (Å²) in [6.07, 6.45) is 0. The van der Waals surface area contributed by atoms with Gasteiger partial charge in [-0.25, -0.2) is 4.98 Å². The molecule has 0 unspecified atom stereocenters. The van der Waals surface area contributed by atoms with Crippen molar-refractivity contribution in [2.75, 3.05) is 11.1 Å². The van der Waals surface area contributed by atoms with Crippen molar-refractivity contribution in [3.05, 3.63) is 58.1 Å². The molecule has 128 valence electrons. The van der Waals surface area contributed by atoms with E-state index in [1.54, 1.807) is 18.2 Å². The van der Waals surface area contributed by atoms with Crippen LogP contribution in [0.3, 0.4) is 0 Å². The number of halogens is 2. The second-order valence-electron chi connectivity index (χ2n) is 5.29. The van der Waals surface area contributed by atoms with Gasteiger partial charge in [-0.1, -0.05) is 52.7 Å². The number of carbonyl (C=O) groups excluding carboxylic acids is 1. The van der Waals surface area contributed by atoms with Crippen molar-refractivity contribution < 1.29 is 4.79 Å². The maximum Gasteiger partial charge on any atom is 0.234 e. The van der Waals surface area contributed by atoms with Crippen LogP contribution in [0.1, 0.15) is 5.56 Å². The molecule has 1 amide bonds. The number of amides is 1. The smallest absolute Gasteiger partial charge is 0.234 e. The quantitative estimate of drug-likeness (QED) is 0.610. The molecule has 0 aliphatic rings. The summed E-state index contributed by atoms with van der Waals surface area (Å²) in [5, 5.41) is 11.3. The number of anilines is 1. The minimum absolute atomic E-state index is 0.121. The van der Waals surface area contributed by atoms with Gasteiger partial charge in [-0.2, -0.15) is 0 Å². The molecule has 0 aliphatic carbocycles. The molecule has 1 aromatic heterocycles. The van der Waals surface area contributed by atoms with Gasteiger partial charge in [0, 0.05) is 16.3 Å². The monoisotopic (exact) mass is 392 g/mol. The molecule has 0 radical (unpaired) electrons. The van der Waals surface area contributed by atoms with E-state index in [0.29, 0.717) is 26.6 Å². The largest absolute Gasteiger partial charge is 0.325 e. The van der Waals surface area contributed by atoms with Crippen molar-refractivity contribution in [2.45, 2.75) is 12.1 Å². The third-order valence-corrected chi connectivity index (χ3v) is 4.71. The lowest BCUT2D eigenvalue weighted by Gasteiger charge is -2.04. The Hall–Kier alpha value is -2.02. The van der Waals surface area contributed by atoms with Gasteiger partial charge in [0.1, 0.15) is 0 Å². The Labute approximate surface area is 159 Å². The number of rotatable bonds is 5. The summed E-state index contributed by atoms with van der Waals surface area (Å²) in [5.74, 6) is 0.618. The summed E-state index contributed by atoms with van der Waals surface area (Å²) in [6, 6.07) is 12.8. The van der Waals surface area contributed by atoms with E-state index < -0.39 is 0 Å². The van der Waals surface area contributed by atoms with Gasteiger partial charge in [-0.15, -0.1) is 5.10 Å². The summed E-state index contributed by atoms with van der Waals surface area (Å²) >= 11 is 13.3. The van der Waals surface area contributed by atoms with E-state index in [-0.39, 0.29) is 11.7 Å². The molecule has 3 rings (SSSR count). The first-order chi connectivity index (χ1) is 12.0. The van der Waals surface area contributed by atoms with Crippen molar-refractivity contribution in [3.8, 4) is 11.4 Å². The predicted molar refractivity (Wildman–Crippen MR) is 102 cm³/mol. The fourth-order valence-corrected chi connectivity index (χ4v) is 3.17. The van der Waals surface area contributed by atoms with E-state index in [1.165, 1.54) is 11.8 Å². The Morgan fingerprint density at radius 3 is 2.68 bits per heavy atom. The van der Waals surface area contributed by atoms with Crippen LogP contribution in [0, 0.1) is 6.92 Å². The fourth-order valence-electron chi connectivity index (χ4n) is 2.08. The highest BCUT2D eigenvalue weighted by Crippen LogP contribution is 2.29. The lowest BCUT2D eigenvalue weighted by molar-refractivity contribution is -0.113. The Balaban J connectivity index is 1.59. The maximum atomic E-state index is 12.0. The number of aryl methyl sites for hydroxylation is 1. The molecule has 0 spiro atoms. The molecule has 0 saturated heterocycles. The van der Waals surface area contributed by atoms with Gasteiger partial charge in [-0.05, 0) is 37.3 Å². The van der Waals surface area contributed by atoms with Crippen LogP contribution in [0.4, 0.5) is 5.69 Å². The van der Waals surface area contributed by atoms with Crippen LogP contribution in [0.15, 0.2) is 47.6 Å². The Kier molecular flexibility index (Phi) is 5.63. The molecule has 8 heteroatoms. The molecule has 1 heterocycles. The van der Waals surface area contributed by atoms with Crippen molar-refractivity contribution in [3.63, 3.8) is 0 Å². The number of nitrogens with one attached hydrogen (secondary N) is 2. The van der Waals surface area contributed by atoms with Crippen LogP contribution in [-0.4, -0.2) is 26.8 Å². The summed E-state index contributed by atoms with van der Waals surface area (Å²) in [4.78, 5) is 16.4. The van der Waals surface area contributed by atoms with E-state index in [1.807, 2.05) is 31.2 Å². The minimum Gasteiger partial charge on any atom is -0.325 e. The molecule has 0 atom stereocenters. The average Bonchev–Trinajstić information content (AvgIpc) is 3.04. The lowest BCUT2D eigenvalue weighted by Crippen LogP contribution is -2.14. The molecule has 2 aromatic carbocycles. The van der Waals surface area contributed by atoms with Gasteiger partial charge in [0.05, 0.1) is 10.8 Å². The number of nitrogens with zero attached hydrogens (tertiary/aromatic N) is 2. The number of aromatic amines is 1. The number of carbonyl (C=O) groups is 1. The number of H-pyrrole nitrogens is 1.